The van der Waals surface area contributed by atoms with Gasteiger partial charge in [0.2, 0.25) is 0 Å². The van der Waals surface area contributed by atoms with E-state index in [-0.39, 0.29) is 17.7 Å². The topological polar surface area (TPSA) is 121 Å². The van der Waals surface area contributed by atoms with Crippen molar-refractivity contribution in [2.45, 2.75) is 26.5 Å². The normalized spacial score (nSPS) is 14.0. The van der Waals surface area contributed by atoms with E-state index in [0.717, 1.165) is 5.56 Å². The first-order valence-electron chi connectivity index (χ1n) is 14.3. The highest BCUT2D eigenvalue weighted by Gasteiger charge is 2.31. The second kappa shape index (κ2) is 14.5. The zero-order valence-electron chi connectivity index (χ0n) is 25.5. The van der Waals surface area contributed by atoms with Gasteiger partial charge in [0.05, 0.1) is 59.7 Å². The lowest BCUT2D eigenvalue weighted by atomic mass is 9.97. The standard InChI is InChI=1S/C34H30BrN3O7S/c1-5-43-26-12-11-23(16-27(26)44-6-2)30-24(33(40)42-4)18-37-34-38(30)32(39)29(46-34)15-22-13-25(35)31(28(14-22)41-3)45-19-21-9-7-20(17-36)8-10-21/h7-16,18,30H,5-6,19H2,1-4H3/b29-15+/t30-/m1/s1. The van der Waals surface area contributed by atoms with Crippen molar-refractivity contribution in [2.24, 2.45) is 4.99 Å². The van der Waals surface area contributed by atoms with Crippen molar-refractivity contribution in [2.75, 3.05) is 27.4 Å². The number of hydrogen-bond donors (Lipinski definition) is 0. The van der Waals surface area contributed by atoms with Crippen molar-refractivity contribution >= 4 is 39.3 Å². The summed E-state index contributed by atoms with van der Waals surface area (Å²) in [6, 6.07) is 17.4. The summed E-state index contributed by atoms with van der Waals surface area (Å²) in [4.78, 5) is 31.8. The average molecular weight is 705 g/mol. The Morgan fingerprint density at radius 2 is 1.76 bits per heavy atom. The first-order valence-corrected chi connectivity index (χ1v) is 15.9. The maximum absolute atomic E-state index is 14.0. The number of halogens is 1. The molecule has 0 N–H and O–H groups in total. The van der Waals surface area contributed by atoms with Crippen molar-refractivity contribution in [3.8, 4) is 29.1 Å². The highest BCUT2D eigenvalue weighted by molar-refractivity contribution is 9.10. The van der Waals surface area contributed by atoms with Gasteiger partial charge in [-0.1, -0.05) is 29.5 Å². The largest absolute Gasteiger partial charge is 0.493 e. The predicted molar refractivity (Wildman–Crippen MR) is 176 cm³/mol. The van der Waals surface area contributed by atoms with E-state index in [4.69, 9.17) is 28.9 Å². The van der Waals surface area contributed by atoms with Gasteiger partial charge in [0.1, 0.15) is 6.61 Å². The number of carbonyl (C=O) groups excluding carboxylic acids is 1. The molecule has 0 spiro atoms. The second-order valence-electron chi connectivity index (χ2n) is 9.88. The number of benzene rings is 3. The highest BCUT2D eigenvalue weighted by atomic mass is 79.9. The number of rotatable bonds is 11. The molecule has 10 nitrogen and oxygen atoms in total. The van der Waals surface area contributed by atoms with E-state index in [9.17, 15) is 9.59 Å². The number of thiazole rings is 1. The van der Waals surface area contributed by atoms with Crippen LogP contribution < -0.4 is 33.8 Å². The number of methoxy groups -OCH3 is 2. The van der Waals surface area contributed by atoms with Gasteiger partial charge in [0.15, 0.2) is 27.8 Å². The zero-order valence-corrected chi connectivity index (χ0v) is 27.9. The molecule has 5 rings (SSSR count). The molecule has 0 saturated carbocycles. The van der Waals surface area contributed by atoms with Crippen molar-refractivity contribution in [3.63, 3.8) is 0 Å². The fraction of sp³-hybridized carbons (Fsp3) is 0.235. The Balaban J connectivity index is 1.54. The minimum Gasteiger partial charge on any atom is -0.493 e. The van der Waals surface area contributed by atoms with Crippen molar-refractivity contribution in [1.82, 2.24) is 4.57 Å². The Kier molecular flexibility index (Phi) is 10.2. The molecule has 0 unspecified atom stereocenters. The number of nitrogens with zero attached hydrogens (tertiary/aromatic N) is 3. The van der Waals surface area contributed by atoms with Crippen molar-refractivity contribution < 1.29 is 28.5 Å². The Labute approximate surface area is 277 Å². The first-order chi connectivity index (χ1) is 22.3. The summed E-state index contributed by atoms with van der Waals surface area (Å²) in [5.74, 6) is 1.43. The van der Waals surface area contributed by atoms with E-state index in [1.165, 1.54) is 36.3 Å². The Morgan fingerprint density at radius 3 is 2.43 bits per heavy atom. The van der Waals surface area contributed by atoms with Gasteiger partial charge in [-0.25, -0.2) is 9.79 Å². The predicted octanol–water partition coefficient (Wildman–Crippen LogP) is 5.04. The van der Waals surface area contributed by atoms with Gasteiger partial charge in [0.25, 0.3) is 5.56 Å². The molecule has 46 heavy (non-hydrogen) atoms. The lowest BCUT2D eigenvalue weighted by Crippen LogP contribution is -2.39. The lowest BCUT2D eigenvalue weighted by molar-refractivity contribution is -0.136. The molecule has 4 aromatic rings. The third kappa shape index (κ3) is 6.71. The summed E-state index contributed by atoms with van der Waals surface area (Å²) in [7, 11) is 2.83. The number of nitriles is 1. The summed E-state index contributed by atoms with van der Waals surface area (Å²) in [5, 5.41) is 9.04. The van der Waals surface area contributed by atoms with E-state index in [2.05, 4.69) is 27.0 Å². The van der Waals surface area contributed by atoms with Crippen LogP contribution in [0.2, 0.25) is 0 Å². The molecular formula is C34H30BrN3O7S. The second-order valence-corrected chi connectivity index (χ2v) is 11.7. The van der Waals surface area contributed by atoms with Crippen LogP contribution >= 0.6 is 27.3 Å². The molecule has 1 aliphatic rings. The van der Waals surface area contributed by atoms with Gasteiger partial charge in [-0.3, -0.25) is 9.36 Å². The number of aromatic nitrogens is 1. The smallest absolute Gasteiger partial charge is 0.337 e. The van der Waals surface area contributed by atoms with Gasteiger partial charge in [-0.2, -0.15) is 5.26 Å². The number of esters is 1. The molecule has 1 atom stereocenters. The Morgan fingerprint density at radius 1 is 1.02 bits per heavy atom. The number of fused-ring (bicyclic) bond motifs is 1. The monoisotopic (exact) mass is 703 g/mol. The van der Waals surface area contributed by atoms with Crippen LogP contribution in [0.3, 0.4) is 0 Å². The zero-order chi connectivity index (χ0) is 32.8. The minimum absolute atomic E-state index is 0.209. The van der Waals surface area contributed by atoms with Crippen LogP contribution in [0, 0.1) is 11.3 Å². The quantitative estimate of drug-likeness (QED) is 0.199. The lowest BCUT2D eigenvalue weighted by Gasteiger charge is -2.23. The summed E-state index contributed by atoms with van der Waals surface area (Å²) < 4.78 is 30.8. The molecule has 0 bridgehead atoms. The molecule has 3 aromatic carbocycles. The maximum Gasteiger partial charge on any atom is 0.337 e. The third-order valence-electron chi connectivity index (χ3n) is 7.02. The fourth-order valence-electron chi connectivity index (χ4n) is 4.93. The molecule has 12 heteroatoms. The van der Waals surface area contributed by atoms with Gasteiger partial charge < -0.3 is 23.7 Å². The minimum atomic E-state index is -0.806. The highest BCUT2D eigenvalue weighted by Crippen LogP contribution is 2.38. The van der Waals surface area contributed by atoms with Crippen LogP contribution in [-0.2, 0) is 16.1 Å². The van der Waals surface area contributed by atoms with Crippen molar-refractivity contribution in [3.05, 3.63) is 113 Å². The van der Waals surface area contributed by atoms with Crippen LogP contribution in [0.1, 0.15) is 42.1 Å². The van der Waals surface area contributed by atoms with Crippen LogP contribution in [0.25, 0.3) is 6.08 Å². The molecule has 236 valence electrons. The van der Waals surface area contributed by atoms with Gasteiger partial charge >= 0.3 is 5.97 Å². The molecule has 1 aliphatic heterocycles. The van der Waals surface area contributed by atoms with Crippen LogP contribution in [0.4, 0.5) is 0 Å². The van der Waals surface area contributed by atoms with Crippen LogP contribution in [0.5, 0.6) is 23.0 Å². The number of ether oxygens (including phenoxy) is 5. The molecule has 1 aromatic heterocycles. The first kappa shape index (κ1) is 32.5. The molecule has 0 saturated heterocycles. The SMILES string of the molecule is CCOc1ccc([C@@H]2C(C(=O)OC)=CN=c3s/c(=C/c4cc(Br)c(OCc5ccc(C#N)cc5)c(OC)c4)c(=O)n32)cc1OCC. The molecule has 0 fully saturated rings. The molecular weight excluding hydrogens is 674 g/mol. The summed E-state index contributed by atoms with van der Waals surface area (Å²) in [6.45, 7) is 4.87. The van der Waals surface area contributed by atoms with Gasteiger partial charge in [-0.15, -0.1) is 0 Å². The van der Waals surface area contributed by atoms with E-state index in [1.54, 1.807) is 42.5 Å². The number of hydrogen-bond acceptors (Lipinski definition) is 10. The molecule has 2 heterocycles. The Hall–Kier alpha value is -4.86. The molecule has 0 aliphatic carbocycles. The summed E-state index contributed by atoms with van der Waals surface area (Å²) >= 11 is 4.79. The van der Waals surface area contributed by atoms with E-state index < -0.39 is 12.0 Å². The third-order valence-corrected chi connectivity index (χ3v) is 8.61. The van der Waals surface area contributed by atoms with E-state index in [1.807, 2.05) is 32.0 Å². The summed E-state index contributed by atoms with van der Waals surface area (Å²) in [5.41, 5.74) is 2.66. The Bertz CT molecular complexity index is 2030. The van der Waals surface area contributed by atoms with Gasteiger partial charge in [0, 0.05) is 6.20 Å². The van der Waals surface area contributed by atoms with Crippen LogP contribution in [-0.4, -0.2) is 38.0 Å². The van der Waals surface area contributed by atoms with Crippen LogP contribution in [0.15, 0.2) is 80.6 Å². The van der Waals surface area contributed by atoms with Gasteiger partial charge in [-0.05, 0) is 88.9 Å². The van der Waals surface area contributed by atoms with Crippen molar-refractivity contribution in [1.29, 1.82) is 5.26 Å². The van der Waals surface area contributed by atoms with E-state index >= 15 is 0 Å². The fourth-order valence-corrected chi connectivity index (χ4v) is 6.48. The average Bonchev–Trinajstić information content (AvgIpc) is 3.38. The molecule has 0 amide bonds. The maximum atomic E-state index is 14.0. The summed E-state index contributed by atoms with van der Waals surface area (Å²) in [6.07, 6.45) is 3.19. The molecule has 0 radical (unpaired) electrons. The number of carbonyl (C=O) groups is 1. The van der Waals surface area contributed by atoms with E-state index in [0.29, 0.717) is 66.7 Å².